The number of aliphatic imine (C=N–C) groups is 1. The first-order valence-corrected chi connectivity index (χ1v) is 9.85. The number of hydrogen-bond donors (Lipinski definition) is 0. The molecule has 2 aromatic carbocycles. The number of amides is 1. The van der Waals surface area contributed by atoms with Crippen LogP contribution in [0.4, 0.5) is 5.69 Å². The van der Waals surface area contributed by atoms with E-state index in [0.717, 1.165) is 28.1 Å². The van der Waals surface area contributed by atoms with Crippen molar-refractivity contribution in [2.24, 2.45) is 4.99 Å². The molecule has 144 valence electrons. The number of carbonyl (C=O) groups excluding carboxylic acids is 2. The summed E-state index contributed by atoms with van der Waals surface area (Å²) in [5.74, 6) is 0.849. The number of ether oxygens (including phenoxy) is 1. The van der Waals surface area contributed by atoms with Gasteiger partial charge in [0.25, 0.3) is 5.91 Å². The van der Waals surface area contributed by atoms with E-state index < -0.39 is 0 Å². The zero-order valence-electron chi connectivity index (χ0n) is 16.4. The molecular formula is C22H22N2O3S. The van der Waals surface area contributed by atoms with Crippen molar-refractivity contribution in [1.82, 2.24) is 0 Å². The summed E-state index contributed by atoms with van der Waals surface area (Å²) in [4.78, 5) is 30.7. The average Bonchev–Trinajstić information content (AvgIpc) is 2.95. The number of amidine groups is 1. The molecule has 28 heavy (non-hydrogen) atoms. The zero-order valence-corrected chi connectivity index (χ0v) is 17.2. The quantitative estimate of drug-likeness (QED) is 0.706. The van der Waals surface area contributed by atoms with Gasteiger partial charge in [-0.15, -0.1) is 0 Å². The molecule has 0 saturated carbocycles. The number of hydrogen-bond acceptors (Lipinski definition) is 5. The van der Waals surface area contributed by atoms with Crippen molar-refractivity contribution in [1.29, 1.82) is 0 Å². The van der Waals surface area contributed by atoms with E-state index in [4.69, 9.17) is 4.74 Å². The van der Waals surface area contributed by atoms with Crippen LogP contribution in [0.15, 0.2) is 53.2 Å². The summed E-state index contributed by atoms with van der Waals surface area (Å²) in [5.41, 5.74) is 4.08. The summed E-state index contributed by atoms with van der Waals surface area (Å²) >= 11 is 1.28. The molecule has 0 bridgehead atoms. The third-order valence-corrected chi connectivity index (χ3v) is 5.20. The standard InChI is InChI=1S/C22H22N2O3S/c1-14-9-15(2)11-18(10-14)24-21(26)20(23-22(24)28-13-16(3)25)12-17-5-7-19(27-4)8-6-17/h5-12H,13H2,1-4H3/b20-12-. The highest BCUT2D eigenvalue weighted by Gasteiger charge is 2.32. The van der Waals surface area contributed by atoms with Gasteiger partial charge in [-0.05, 0) is 67.8 Å². The molecule has 0 N–H and O–H groups in total. The van der Waals surface area contributed by atoms with E-state index in [9.17, 15) is 9.59 Å². The van der Waals surface area contributed by atoms with E-state index >= 15 is 0 Å². The third kappa shape index (κ3) is 4.51. The monoisotopic (exact) mass is 394 g/mol. The number of nitrogens with zero attached hydrogens (tertiary/aromatic N) is 2. The normalized spacial score (nSPS) is 15.1. The van der Waals surface area contributed by atoms with E-state index in [-0.39, 0.29) is 17.4 Å². The first kappa shape index (κ1) is 19.9. The molecule has 0 radical (unpaired) electrons. The van der Waals surface area contributed by atoms with E-state index in [2.05, 4.69) is 11.1 Å². The Balaban J connectivity index is 1.99. The minimum Gasteiger partial charge on any atom is -0.497 e. The molecule has 1 aliphatic rings. The number of benzene rings is 2. The Morgan fingerprint density at radius 2 is 1.79 bits per heavy atom. The highest BCUT2D eigenvalue weighted by atomic mass is 32.2. The van der Waals surface area contributed by atoms with Gasteiger partial charge >= 0.3 is 0 Å². The van der Waals surface area contributed by atoms with Crippen LogP contribution in [0.2, 0.25) is 0 Å². The highest BCUT2D eigenvalue weighted by molar-refractivity contribution is 8.14. The van der Waals surface area contributed by atoms with Crippen molar-refractivity contribution in [3.63, 3.8) is 0 Å². The van der Waals surface area contributed by atoms with Gasteiger partial charge in [-0.2, -0.15) is 0 Å². The van der Waals surface area contributed by atoms with Crippen LogP contribution < -0.4 is 9.64 Å². The Morgan fingerprint density at radius 1 is 1.14 bits per heavy atom. The van der Waals surface area contributed by atoms with Crippen LogP contribution >= 0.6 is 11.8 Å². The number of aryl methyl sites for hydroxylation is 2. The molecule has 0 aromatic heterocycles. The van der Waals surface area contributed by atoms with Crippen LogP contribution in [0, 0.1) is 13.8 Å². The summed E-state index contributed by atoms with van der Waals surface area (Å²) in [5, 5.41) is 0.518. The van der Waals surface area contributed by atoms with Gasteiger partial charge in [-0.25, -0.2) is 4.99 Å². The lowest BCUT2D eigenvalue weighted by molar-refractivity contribution is -0.115. The van der Waals surface area contributed by atoms with Crippen LogP contribution in [0.5, 0.6) is 5.75 Å². The fraction of sp³-hybridized carbons (Fsp3) is 0.227. The molecule has 5 nitrogen and oxygen atoms in total. The SMILES string of the molecule is COc1ccc(/C=C2\N=C(SCC(C)=O)N(c3cc(C)cc(C)c3)C2=O)cc1. The molecular weight excluding hydrogens is 372 g/mol. The minimum absolute atomic E-state index is 0.0353. The van der Waals surface area contributed by atoms with E-state index in [1.54, 1.807) is 18.1 Å². The molecule has 0 aliphatic carbocycles. The van der Waals surface area contributed by atoms with E-state index in [1.807, 2.05) is 50.2 Å². The Labute approximate surface area is 169 Å². The maximum absolute atomic E-state index is 13.1. The lowest BCUT2D eigenvalue weighted by Gasteiger charge is -2.18. The Kier molecular flexibility index (Phi) is 5.99. The van der Waals surface area contributed by atoms with Crippen molar-refractivity contribution >= 4 is 40.4 Å². The molecule has 1 aliphatic heterocycles. The maximum atomic E-state index is 13.1. The van der Waals surface area contributed by atoms with Gasteiger partial charge in [0.1, 0.15) is 17.2 Å². The second kappa shape index (κ2) is 8.44. The second-order valence-corrected chi connectivity index (χ2v) is 7.62. The van der Waals surface area contributed by atoms with Crippen LogP contribution in [0.25, 0.3) is 6.08 Å². The van der Waals surface area contributed by atoms with Crippen LogP contribution in [-0.2, 0) is 9.59 Å². The predicted molar refractivity (Wildman–Crippen MR) is 115 cm³/mol. The molecule has 0 saturated heterocycles. The van der Waals surface area contributed by atoms with Gasteiger partial charge in [0.2, 0.25) is 0 Å². The summed E-state index contributed by atoms with van der Waals surface area (Å²) in [6.45, 7) is 5.51. The largest absolute Gasteiger partial charge is 0.497 e. The molecule has 0 spiro atoms. The van der Waals surface area contributed by atoms with Gasteiger partial charge in [0, 0.05) is 0 Å². The number of carbonyl (C=O) groups is 2. The smallest absolute Gasteiger partial charge is 0.283 e. The first-order chi connectivity index (χ1) is 13.4. The van der Waals surface area contributed by atoms with E-state index in [0.29, 0.717) is 10.9 Å². The Hall–Kier alpha value is -2.86. The lowest BCUT2D eigenvalue weighted by atomic mass is 10.1. The Bertz CT molecular complexity index is 958. The van der Waals surface area contributed by atoms with Gasteiger partial charge in [-0.3, -0.25) is 14.5 Å². The van der Waals surface area contributed by atoms with Gasteiger partial charge in [0.15, 0.2) is 5.17 Å². The molecule has 2 aromatic rings. The molecule has 0 fully saturated rings. The van der Waals surface area contributed by atoms with E-state index in [1.165, 1.54) is 18.7 Å². The molecule has 1 heterocycles. The summed E-state index contributed by atoms with van der Waals surface area (Å²) < 4.78 is 5.17. The fourth-order valence-corrected chi connectivity index (χ4v) is 3.74. The number of Topliss-reactive ketones (excluding diaryl/α,β-unsaturated/α-hetero) is 1. The molecule has 0 atom stereocenters. The molecule has 6 heteroatoms. The molecule has 1 amide bonds. The topological polar surface area (TPSA) is 59.0 Å². The number of anilines is 1. The molecule has 3 rings (SSSR count). The molecule has 0 unspecified atom stereocenters. The number of thioether (sulfide) groups is 1. The van der Waals surface area contributed by atoms with Crippen molar-refractivity contribution in [3.05, 3.63) is 64.9 Å². The minimum atomic E-state index is -0.202. The van der Waals surface area contributed by atoms with Crippen LogP contribution in [0.3, 0.4) is 0 Å². The lowest BCUT2D eigenvalue weighted by Crippen LogP contribution is -2.30. The fourth-order valence-electron chi connectivity index (χ4n) is 2.92. The number of ketones is 1. The summed E-state index contributed by atoms with van der Waals surface area (Å²) in [7, 11) is 1.61. The summed E-state index contributed by atoms with van der Waals surface area (Å²) in [6, 6.07) is 13.4. The van der Waals surface area contributed by atoms with Gasteiger partial charge in [0.05, 0.1) is 18.6 Å². The zero-order chi connectivity index (χ0) is 20.3. The van der Waals surface area contributed by atoms with Crippen LogP contribution in [0.1, 0.15) is 23.6 Å². The number of methoxy groups -OCH3 is 1. The third-order valence-electron chi connectivity index (χ3n) is 4.12. The summed E-state index contributed by atoms with van der Waals surface area (Å²) in [6.07, 6.45) is 1.75. The van der Waals surface area contributed by atoms with Crippen molar-refractivity contribution in [2.45, 2.75) is 20.8 Å². The average molecular weight is 394 g/mol. The first-order valence-electron chi connectivity index (χ1n) is 8.87. The van der Waals surface area contributed by atoms with Gasteiger partial charge in [-0.1, -0.05) is 30.0 Å². The predicted octanol–water partition coefficient (Wildman–Crippen LogP) is 4.38. The van der Waals surface area contributed by atoms with Crippen molar-refractivity contribution < 1.29 is 14.3 Å². The second-order valence-electron chi connectivity index (χ2n) is 6.67. The Morgan fingerprint density at radius 3 is 2.36 bits per heavy atom. The maximum Gasteiger partial charge on any atom is 0.283 e. The van der Waals surface area contributed by atoms with Gasteiger partial charge < -0.3 is 4.74 Å². The van der Waals surface area contributed by atoms with Crippen LogP contribution in [-0.4, -0.2) is 29.7 Å². The van der Waals surface area contributed by atoms with Crippen molar-refractivity contribution in [2.75, 3.05) is 17.8 Å². The number of rotatable bonds is 5. The van der Waals surface area contributed by atoms with Crippen molar-refractivity contribution in [3.8, 4) is 5.75 Å². The highest BCUT2D eigenvalue weighted by Crippen LogP contribution is 2.31.